The molecule has 0 saturated heterocycles. The Kier molecular flexibility index (Phi) is 7.98. The molecule has 1 aliphatic heterocycles. The first kappa shape index (κ1) is 23.4. The van der Waals surface area contributed by atoms with Gasteiger partial charge in [-0.3, -0.25) is 4.79 Å². The Morgan fingerprint density at radius 1 is 1.30 bits per heavy atom. The lowest BCUT2D eigenvalue weighted by atomic mass is 9.72. The van der Waals surface area contributed by atoms with E-state index in [9.17, 15) is 28.2 Å². The molecule has 0 aromatic heterocycles. The van der Waals surface area contributed by atoms with Crippen LogP contribution in [0.15, 0.2) is 18.2 Å². The molecular formula is C18H22BF2NO8. The van der Waals surface area contributed by atoms with Gasteiger partial charge in [0.25, 0.3) is 0 Å². The van der Waals surface area contributed by atoms with Gasteiger partial charge < -0.3 is 29.2 Å². The summed E-state index contributed by atoms with van der Waals surface area (Å²) < 4.78 is 45.1. The van der Waals surface area contributed by atoms with Crippen LogP contribution in [0.25, 0.3) is 0 Å². The van der Waals surface area contributed by atoms with Crippen LogP contribution in [0.1, 0.15) is 42.6 Å². The molecule has 0 spiro atoms. The van der Waals surface area contributed by atoms with Crippen LogP contribution in [0.5, 0.6) is 5.75 Å². The molecule has 2 N–H and O–H groups in total. The molecule has 1 aromatic carbocycles. The smallest absolute Gasteiger partial charge is 0.534 e. The number of amides is 1. The Balaban J connectivity index is 1.99. The number of ether oxygens (including phenoxy) is 3. The zero-order valence-electron chi connectivity index (χ0n) is 16.5. The molecule has 12 heteroatoms. The van der Waals surface area contributed by atoms with Crippen molar-refractivity contribution < 1.29 is 47.1 Å². The Labute approximate surface area is 171 Å². The maximum Gasteiger partial charge on any atom is 0.547 e. The normalized spacial score (nSPS) is 15.5. The number of rotatable bonds is 8. The zero-order valence-corrected chi connectivity index (χ0v) is 16.5. The predicted molar refractivity (Wildman–Crippen MR) is 98.9 cm³/mol. The molecule has 1 unspecified atom stereocenters. The number of para-hydroxylation sites is 1. The van der Waals surface area contributed by atoms with E-state index >= 15 is 0 Å². The number of hydrogen-bond donors (Lipinski definition) is 2. The third-order valence-corrected chi connectivity index (χ3v) is 4.11. The second-order valence-electron chi connectivity index (χ2n) is 6.63. The molecule has 0 radical (unpaired) electrons. The van der Waals surface area contributed by atoms with Gasteiger partial charge in [0.15, 0.2) is 0 Å². The van der Waals surface area contributed by atoms with E-state index in [1.807, 2.05) is 0 Å². The van der Waals surface area contributed by atoms with Crippen molar-refractivity contribution in [3.05, 3.63) is 29.3 Å². The second kappa shape index (κ2) is 10.2. The molecule has 164 valence electrons. The van der Waals surface area contributed by atoms with Crippen LogP contribution in [0.3, 0.4) is 0 Å². The Bertz CT molecular complexity index is 786. The fourth-order valence-corrected chi connectivity index (χ4v) is 2.69. The quantitative estimate of drug-likeness (QED) is 0.365. The van der Waals surface area contributed by atoms with E-state index in [2.05, 4.69) is 14.8 Å². The molecule has 0 aliphatic carbocycles. The molecule has 1 aliphatic rings. The highest BCUT2D eigenvalue weighted by atomic mass is 19.3. The minimum Gasteiger partial charge on any atom is -0.534 e. The molecule has 30 heavy (non-hydrogen) atoms. The van der Waals surface area contributed by atoms with Crippen molar-refractivity contribution in [2.75, 3.05) is 13.4 Å². The van der Waals surface area contributed by atoms with Gasteiger partial charge >= 0.3 is 19.2 Å². The summed E-state index contributed by atoms with van der Waals surface area (Å²) in [6.07, 6.45) is -1.92. The van der Waals surface area contributed by atoms with E-state index in [1.54, 1.807) is 19.1 Å². The molecule has 1 heterocycles. The van der Waals surface area contributed by atoms with Crippen LogP contribution < -0.4 is 9.97 Å². The van der Waals surface area contributed by atoms with Gasteiger partial charge in [0, 0.05) is 12.8 Å². The van der Waals surface area contributed by atoms with E-state index in [-0.39, 0.29) is 24.3 Å². The van der Waals surface area contributed by atoms with Crippen LogP contribution in [0, 0.1) is 0 Å². The molecular weight excluding hydrogens is 407 g/mol. The van der Waals surface area contributed by atoms with Crippen molar-refractivity contribution in [2.45, 2.75) is 45.0 Å². The van der Waals surface area contributed by atoms with Crippen LogP contribution >= 0.6 is 0 Å². The number of fused-ring (bicyclic) bond motifs is 1. The van der Waals surface area contributed by atoms with Crippen LogP contribution in [-0.2, 0) is 25.4 Å². The SMILES string of the molecule is CCOC(=O)OCOC(=O)c1cccc2c1OB(O)C(NC(=O)CCC(C)(F)F)C2. The highest BCUT2D eigenvalue weighted by Crippen LogP contribution is 2.30. The average Bonchev–Trinajstić information content (AvgIpc) is 2.66. The fraction of sp³-hybridized carbons (Fsp3) is 0.500. The number of benzene rings is 1. The predicted octanol–water partition coefficient (Wildman–Crippen LogP) is 1.85. The summed E-state index contributed by atoms with van der Waals surface area (Å²) in [5, 5.41) is 12.6. The summed E-state index contributed by atoms with van der Waals surface area (Å²) in [6.45, 7) is 1.72. The van der Waals surface area contributed by atoms with E-state index in [0.717, 1.165) is 0 Å². The summed E-state index contributed by atoms with van der Waals surface area (Å²) in [6, 6.07) is 4.55. The third-order valence-electron chi connectivity index (χ3n) is 4.11. The monoisotopic (exact) mass is 429 g/mol. The molecule has 9 nitrogen and oxygen atoms in total. The Morgan fingerprint density at radius 3 is 2.70 bits per heavy atom. The van der Waals surface area contributed by atoms with Crippen molar-refractivity contribution in [3.63, 3.8) is 0 Å². The van der Waals surface area contributed by atoms with Gasteiger partial charge in [-0.1, -0.05) is 12.1 Å². The van der Waals surface area contributed by atoms with Crippen LogP contribution in [0.4, 0.5) is 13.6 Å². The summed E-state index contributed by atoms with van der Waals surface area (Å²) in [5.74, 6) is -5.32. The van der Waals surface area contributed by atoms with Crippen LogP contribution in [-0.4, -0.2) is 55.4 Å². The minimum atomic E-state index is -2.97. The third kappa shape index (κ3) is 6.87. The number of carbonyl (C=O) groups is 3. The van der Waals surface area contributed by atoms with Crippen molar-refractivity contribution in [1.29, 1.82) is 0 Å². The molecule has 0 bridgehead atoms. The first-order valence-corrected chi connectivity index (χ1v) is 9.21. The number of carbonyl (C=O) groups excluding carboxylic acids is 3. The van der Waals surface area contributed by atoms with E-state index < -0.39 is 56.6 Å². The maximum absolute atomic E-state index is 12.9. The number of esters is 1. The van der Waals surface area contributed by atoms with E-state index in [1.165, 1.54) is 6.07 Å². The minimum absolute atomic E-state index is 0.0191. The first-order valence-electron chi connectivity index (χ1n) is 9.21. The first-order chi connectivity index (χ1) is 14.1. The Hall–Kier alpha value is -2.89. The summed E-state index contributed by atoms with van der Waals surface area (Å²) >= 11 is 0. The molecule has 2 rings (SSSR count). The number of halogens is 2. The van der Waals surface area contributed by atoms with Gasteiger partial charge in [-0.15, -0.1) is 0 Å². The average molecular weight is 429 g/mol. The summed E-state index contributed by atoms with van der Waals surface area (Å²) in [7, 11) is -1.51. The molecule has 0 fully saturated rings. The Morgan fingerprint density at radius 2 is 2.03 bits per heavy atom. The molecule has 1 aromatic rings. The van der Waals surface area contributed by atoms with Gasteiger partial charge in [-0.25, -0.2) is 18.4 Å². The number of alkyl halides is 2. The summed E-state index contributed by atoms with van der Waals surface area (Å²) in [5.41, 5.74) is 0.474. The number of nitrogens with one attached hydrogen (secondary N) is 1. The lowest BCUT2D eigenvalue weighted by Crippen LogP contribution is -2.53. The molecule has 0 saturated carbocycles. The van der Waals surface area contributed by atoms with Gasteiger partial charge in [0.05, 0.1) is 12.5 Å². The highest BCUT2D eigenvalue weighted by Gasteiger charge is 2.38. The largest absolute Gasteiger partial charge is 0.547 e. The lowest BCUT2D eigenvalue weighted by molar-refractivity contribution is -0.123. The van der Waals surface area contributed by atoms with Crippen molar-refractivity contribution in [2.24, 2.45) is 0 Å². The van der Waals surface area contributed by atoms with Gasteiger partial charge in [0.1, 0.15) is 11.3 Å². The lowest BCUT2D eigenvalue weighted by Gasteiger charge is -2.29. The van der Waals surface area contributed by atoms with Crippen LogP contribution in [0.2, 0.25) is 0 Å². The zero-order chi connectivity index (χ0) is 22.3. The van der Waals surface area contributed by atoms with E-state index in [0.29, 0.717) is 12.5 Å². The fourth-order valence-electron chi connectivity index (χ4n) is 2.69. The van der Waals surface area contributed by atoms with Gasteiger partial charge in [-0.2, -0.15) is 0 Å². The molecule has 1 atom stereocenters. The van der Waals surface area contributed by atoms with Gasteiger partial charge in [-0.05, 0) is 31.9 Å². The summed E-state index contributed by atoms with van der Waals surface area (Å²) in [4.78, 5) is 35.2. The number of hydrogen-bond acceptors (Lipinski definition) is 8. The molecule has 1 amide bonds. The topological polar surface area (TPSA) is 120 Å². The highest BCUT2D eigenvalue weighted by molar-refractivity contribution is 6.47. The van der Waals surface area contributed by atoms with E-state index in [4.69, 9.17) is 9.39 Å². The van der Waals surface area contributed by atoms with Crippen molar-refractivity contribution >= 4 is 25.2 Å². The standard InChI is InChI=1S/C18H22BF2NO8/c1-3-27-17(25)29-10-28-16(24)12-6-4-5-11-9-13(19(26)30-15(11)12)22-14(23)7-8-18(2,20)21/h4-6,13,26H,3,7-10H2,1-2H3,(H,22,23). The van der Waals surface area contributed by atoms with Crippen molar-refractivity contribution in [1.82, 2.24) is 5.32 Å². The van der Waals surface area contributed by atoms with Crippen molar-refractivity contribution in [3.8, 4) is 5.75 Å². The van der Waals surface area contributed by atoms with Gasteiger partial charge in [0.2, 0.25) is 18.6 Å². The second-order valence-corrected chi connectivity index (χ2v) is 6.63. The maximum atomic E-state index is 12.9.